The van der Waals surface area contributed by atoms with Gasteiger partial charge in [0.1, 0.15) is 0 Å². The highest BCUT2D eigenvalue weighted by molar-refractivity contribution is 6.29. The smallest absolute Gasteiger partial charge is 0.151 e. The molecule has 1 aromatic rings. The molecule has 0 aliphatic carbocycles. The van der Waals surface area contributed by atoms with Gasteiger partial charge in [-0.25, -0.2) is 0 Å². The van der Waals surface area contributed by atoms with Crippen LogP contribution in [0.4, 0.5) is 5.82 Å². The molecule has 4 nitrogen and oxygen atoms in total. The van der Waals surface area contributed by atoms with Crippen LogP contribution in [0, 0.1) is 0 Å². The second kappa shape index (κ2) is 3.71. The minimum Gasteiger partial charge on any atom is -0.352 e. The predicted octanol–water partition coefficient (Wildman–Crippen LogP) is 0.880. The van der Waals surface area contributed by atoms with Gasteiger partial charge in [-0.05, 0) is 26.2 Å². The summed E-state index contributed by atoms with van der Waals surface area (Å²) in [7, 11) is 4.19. The minimum atomic E-state index is 0.443. The van der Waals surface area contributed by atoms with Crippen LogP contribution in [0.3, 0.4) is 0 Å². The second-order valence-electron chi connectivity index (χ2n) is 3.74. The first-order valence-corrected chi connectivity index (χ1v) is 4.95. The number of rotatable bonds is 2. The van der Waals surface area contributed by atoms with Crippen molar-refractivity contribution in [2.24, 2.45) is 0 Å². The summed E-state index contributed by atoms with van der Waals surface area (Å²) in [4.78, 5) is 4.41. The molecule has 76 valence electrons. The zero-order valence-corrected chi connectivity index (χ0v) is 9.07. The monoisotopic (exact) mass is 212 g/mol. The highest BCUT2D eigenvalue weighted by Gasteiger charge is 2.29. The molecular weight excluding hydrogens is 200 g/mol. The topological polar surface area (TPSA) is 32.3 Å². The summed E-state index contributed by atoms with van der Waals surface area (Å²) < 4.78 is 0. The highest BCUT2D eigenvalue weighted by Crippen LogP contribution is 2.20. The SMILES string of the molecule is CN(C)C1CN(c2ccc(Cl)nn2)C1. The molecule has 0 spiro atoms. The van der Waals surface area contributed by atoms with Gasteiger partial charge in [0.15, 0.2) is 11.0 Å². The van der Waals surface area contributed by atoms with Gasteiger partial charge in [0, 0.05) is 19.1 Å². The quantitative estimate of drug-likeness (QED) is 0.729. The molecule has 0 saturated carbocycles. The van der Waals surface area contributed by atoms with Crippen LogP contribution in [0.15, 0.2) is 12.1 Å². The third-order valence-electron chi connectivity index (χ3n) is 2.53. The van der Waals surface area contributed by atoms with E-state index in [-0.39, 0.29) is 0 Å². The Kier molecular flexibility index (Phi) is 2.56. The van der Waals surface area contributed by atoms with Gasteiger partial charge in [-0.2, -0.15) is 0 Å². The van der Waals surface area contributed by atoms with E-state index in [1.165, 1.54) is 0 Å². The molecule has 1 fully saturated rings. The van der Waals surface area contributed by atoms with Gasteiger partial charge in [0.2, 0.25) is 0 Å². The fourth-order valence-electron chi connectivity index (χ4n) is 1.45. The Morgan fingerprint density at radius 3 is 2.57 bits per heavy atom. The normalized spacial score (nSPS) is 17.3. The molecule has 2 heterocycles. The Balaban J connectivity index is 1.96. The summed E-state index contributed by atoms with van der Waals surface area (Å²) in [6, 6.07) is 4.31. The van der Waals surface area contributed by atoms with Gasteiger partial charge in [0.05, 0.1) is 0 Å². The summed E-state index contributed by atoms with van der Waals surface area (Å²) in [5.74, 6) is 0.910. The number of hydrogen-bond donors (Lipinski definition) is 0. The summed E-state index contributed by atoms with van der Waals surface area (Å²) in [6.07, 6.45) is 0. The van der Waals surface area contributed by atoms with Crippen molar-refractivity contribution in [3.8, 4) is 0 Å². The van der Waals surface area contributed by atoms with Gasteiger partial charge >= 0.3 is 0 Å². The Bertz CT molecular complexity index is 305. The third-order valence-corrected chi connectivity index (χ3v) is 2.74. The lowest BCUT2D eigenvalue weighted by Gasteiger charge is -2.43. The van der Waals surface area contributed by atoms with E-state index in [1.54, 1.807) is 6.07 Å². The molecule has 0 bridgehead atoms. The highest BCUT2D eigenvalue weighted by atomic mass is 35.5. The standard InChI is InChI=1S/C9H13ClN4/c1-13(2)7-5-14(6-7)9-4-3-8(10)11-12-9/h3-4,7H,5-6H2,1-2H3. The van der Waals surface area contributed by atoms with Crippen LogP contribution in [0.1, 0.15) is 0 Å². The van der Waals surface area contributed by atoms with Crippen LogP contribution < -0.4 is 4.90 Å². The van der Waals surface area contributed by atoms with Gasteiger partial charge in [-0.1, -0.05) is 11.6 Å². The van der Waals surface area contributed by atoms with Crippen molar-refractivity contribution in [1.82, 2.24) is 15.1 Å². The van der Waals surface area contributed by atoms with E-state index < -0.39 is 0 Å². The molecule has 1 saturated heterocycles. The molecule has 0 unspecified atom stereocenters. The molecular formula is C9H13ClN4. The number of halogens is 1. The average Bonchev–Trinajstić information content (AvgIpc) is 2.05. The summed E-state index contributed by atoms with van der Waals surface area (Å²) >= 11 is 5.66. The predicted molar refractivity (Wildman–Crippen MR) is 56.7 cm³/mol. The second-order valence-corrected chi connectivity index (χ2v) is 4.12. The molecule has 14 heavy (non-hydrogen) atoms. The Labute approximate surface area is 88.5 Å². The van der Waals surface area contributed by atoms with E-state index >= 15 is 0 Å². The lowest BCUT2D eigenvalue weighted by molar-refractivity contribution is 0.246. The first-order valence-electron chi connectivity index (χ1n) is 4.57. The molecule has 1 aromatic heterocycles. The average molecular weight is 213 g/mol. The first-order chi connectivity index (χ1) is 6.66. The molecule has 1 aliphatic rings. The van der Waals surface area contributed by atoms with Crippen LogP contribution >= 0.6 is 11.6 Å². The fraction of sp³-hybridized carbons (Fsp3) is 0.556. The Morgan fingerprint density at radius 1 is 1.36 bits per heavy atom. The van der Waals surface area contributed by atoms with Crippen molar-refractivity contribution in [2.75, 3.05) is 32.1 Å². The Hall–Kier alpha value is -0.870. The summed E-state index contributed by atoms with van der Waals surface area (Å²) in [5.41, 5.74) is 0. The molecule has 2 rings (SSSR count). The van der Waals surface area contributed by atoms with Crippen molar-refractivity contribution < 1.29 is 0 Å². The number of likely N-dealkylation sites (N-methyl/N-ethyl adjacent to an activating group) is 1. The molecule has 1 aliphatic heterocycles. The van der Waals surface area contributed by atoms with Crippen LogP contribution in [0.25, 0.3) is 0 Å². The Morgan fingerprint density at radius 2 is 2.07 bits per heavy atom. The first kappa shape index (κ1) is 9.68. The third kappa shape index (κ3) is 1.81. The molecule has 5 heteroatoms. The van der Waals surface area contributed by atoms with Gasteiger partial charge < -0.3 is 9.80 Å². The van der Waals surface area contributed by atoms with Crippen molar-refractivity contribution in [2.45, 2.75) is 6.04 Å². The van der Waals surface area contributed by atoms with Crippen LogP contribution in [0.2, 0.25) is 5.15 Å². The van der Waals surface area contributed by atoms with E-state index in [1.807, 2.05) is 6.07 Å². The maximum absolute atomic E-state index is 5.66. The molecule has 0 aromatic carbocycles. The number of anilines is 1. The minimum absolute atomic E-state index is 0.443. The molecule has 0 radical (unpaired) electrons. The van der Waals surface area contributed by atoms with Crippen LogP contribution in [0.5, 0.6) is 0 Å². The maximum atomic E-state index is 5.66. The van der Waals surface area contributed by atoms with Crippen molar-refractivity contribution in [3.63, 3.8) is 0 Å². The van der Waals surface area contributed by atoms with E-state index in [9.17, 15) is 0 Å². The number of aromatic nitrogens is 2. The van der Waals surface area contributed by atoms with Crippen molar-refractivity contribution >= 4 is 17.4 Å². The van der Waals surface area contributed by atoms with Gasteiger partial charge in [0.25, 0.3) is 0 Å². The number of hydrogen-bond acceptors (Lipinski definition) is 4. The summed E-state index contributed by atoms with van der Waals surface area (Å²) in [5, 5.41) is 8.27. The van der Waals surface area contributed by atoms with Crippen molar-refractivity contribution in [1.29, 1.82) is 0 Å². The molecule has 0 N–H and O–H groups in total. The zero-order chi connectivity index (χ0) is 10.1. The van der Waals surface area contributed by atoms with E-state index in [0.717, 1.165) is 18.9 Å². The molecule has 0 amide bonds. The lowest BCUT2D eigenvalue weighted by Crippen LogP contribution is -2.57. The zero-order valence-electron chi connectivity index (χ0n) is 8.31. The number of nitrogens with zero attached hydrogens (tertiary/aromatic N) is 4. The van der Waals surface area contributed by atoms with Gasteiger partial charge in [-0.15, -0.1) is 10.2 Å². The molecule has 0 atom stereocenters. The largest absolute Gasteiger partial charge is 0.352 e. The van der Waals surface area contributed by atoms with E-state index in [4.69, 9.17) is 11.6 Å². The van der Waals surface area contributed by atoms with Crippen LogP contribution in [-0.4, -0.2) is 48.3 Å². The van der Waals surface area contributed by atoms with Gasteiger partial charge in [-0.3, -0.25) is 0 Å². The maximum Gasteiger partial charge on any atom is 0.151 e. The van der Waals surface area contributed by atoms with E-state index in [2.05, 4.69) is 34.1 Å². The fourth-order valence-corrected chi connectivity index (χ4v) is 1.55. The lowest BCUT2D eigenvalue weighted by atomic mass is 10.1. The van der Waals surface area contributed by atoms with E-state index in [0.29, 0.717) is 11.2 Å². The van der Waals surface area contributed by atoms with Crippen LogP contribution in [-0.2, 0) is 0 Å². The summed E-state index contributed by atoms with van der Waals surface area (Å²) in [6.45, 7) is 2.03. The van der Waals surface area contributed by atoms with Crippen molar-refractivity contribution in [3.05, 3.63) is 17.3 Å².